The van der Waals surface area contributed by atoms with Gasteiger partial charge in [-0.1, -0.05) is 24.3 Å². The van der Waals surface area contributed by atoms with Gasteiger partial charge in [0.05, 0.1) is 13.7 Å². The van der Waals surface area contributed by atoms with Gasteiger partial charge in [0.2, 0.25) is 0 Å². The number of benzene rings is 2. The summed E-state index contributed by atoms with van der Waals surface area (Å²) in [4.78, 5) is 1.20. The van der Waals surface area contributed by atoms with Crippen molar-refractivity contribution in [3.8, 4) is 11.5 Å². The quantitative estimate of drug-likeness (QED) is 0.581. The molecular weight excluding hydrogens is 256 g/mol. The van der Waals surface area contributed by atoms with Crippen molar-refractivity contribution in [2.75, 3.05) is 19.5 Å². The predicted octanol–water partition coefficient (Wildman–Crippen LogP) is 4.17. The van der Waals surface area contributed by atoms with Crippen LogP contribution in [0.3, 0.4) is 0 Å². The molecule has 0 saturated carbocycles. The van der Waals surface area contributed by atoms with Gasteiger partial charge in [-0.3, -0.25) is 0 Å². The Hall–Kier alpha value is -1.61. The van der Waals surface area contributed by atoms with Crippen molar-refractivity contribution in [2.45, 2.75) is 11.8 Å². The standard InChI is InChI=1S/C16H18O2S/c1-13-6-3-4-9-16(13)18-10-11-19-15-8-5-7-14(12-15)17-2/h3-9,12H,10-11H2,1-2H3. The third kappa shape index (κ3) is 4.21. The lowest BCUT2D eigenvalue weighted by Gasteiger charge is -2.08. The Balaban J connectivity index is 1.79. The second-order valence-electron chi connectivity index (χ2n) is 4.14. The van der Waals surface area contributed by atoms with E-state index in [0.29, 0.717) is 6.61 Å². The average Bonchev–Trinajstić information content (AvgIpc) is 2.45. The number of methoxy groups -OCH3 is 1. The molecule has 0 N–H and O–H groups in total. The van der Waals surface area contributed by atoms with E-state index in [9.17, 15) is 0 Å². The minimum atomic E-state index is 0.701. The average molecular weight is 274 g/mol. The summed E-state index contributed by atoms with van der Waals surface area (Å²) >= 11 is 1.77. The molecule has 0 aromatic heterocycles. The zero-order valence-electron chi connectivity index (χ0n) is 11.3. The Morgan fingerprint density at radius 1 is 1.05 bits per heavy atom. The molecule has 100 valence electrons. The Morgan fingerprint density at radius 2 is 1.89 bits per heavy atom. The van der Waals surface area contributed by atoms with Crippen molar-refractivity contribution in [1.29, 1.82) is 0 Å². The van der Waals surface area contributed by atoms with Gasteiger partial charge in [-0.2, -0.15) is 0 Å². The molecule has 0 aliphatic heterocycles. The van der Waals surface area contributed by atoms with E-state index in [1.165, 1.54) is 10.5 Å². The Bertz CT molecular complexity index is 526. The van der Waals surface area contributed by atoms with Crippen LogP contribution in [0.4, 0.5) is 0 Å². The molecule has 0 radical (unpaired) electrons. The summed E-state index contributed by atoms with van der Waals surface area (Å²) in [6.07, 6.45) is 0. The van der Waals surface area contributed by atoms with E-state index in [0.717, 1.165) is 17.3 Å². The molecule has 2 aromatic carbocycles. The number of aryl methyl sites for hydroxylation is 1. The van der Waals surface area contributed by atoms with Crippen molar-refractivity contribution in [3.63, 3.8) is 0 Å². The van der Waals surface area contributed by atoms with Crippen LogP contribution in [0.5, 0.6) is 11.5 Å². The van der Waals surface area contributed by atoms with Crippen LogP contribution in [0.2, 0.25) is 0 Å². The van der Waals surface area contributed by atoms with Gasteiger partial charge in [-0.25, -0.2) is 0 Å². The van der Waals surface area contributed by atoms with Gasteiger partial charge < -0.3 is 9.47 Å². The first kappa shape index (κ1) is 13.8. The summed E-state index contributed by atoms with van der Waals surface area (Å²) in [5, 5.41) is 0. The molecule has 0 saturated heterocycles. The van der Waals surface area contributed by atoms with Crippen LogP contribution in [-0.2, 0) is 0 Å². The molecule has 0 atom stereocenters. The summed E-state index contributed by atoms with van der Waals surface area (Å²) < 4.78 is 11.0. The summed E-state index contributed by atoms with van der Waals surface area (Å²) in [5.41, 5.74) is 1.17. The molecule has 0 heterocycles. The van der Waals surface area contributed by atoms with Crippen LogP contribution in [0.15, 0.2) is 53.4 Å². The second kappa shape index (κ2) is 7.10. The topological polar surface area (TPSA) is 18.5 Å². The Labute approximate surface area is 118 Å². The second-order valence-corrected chi connectivity index (χ2v) is 5.31. The minimum Gasteiger partial charge on any atom is -0.497 e. The molecule has 0 unspecified atom stereocenters. The van der Waals surface area contributed by atoms with Gasteiger partial charge in [0.15, 0.2) is 0 Å². The molecular formula is C16H18O2S. The normalized spacial score (nSPS) is 10.2. The van der Waals surface area contributed by atoms with E-state index in [-0.39, 0.29) is 0 Å². The fraction of sp³-hybridized carbons (Fsp3) is 0.250. The van der Waals surface area contributed by atoms with Crippen LogP contribution in [0, 0.1) is 6.92 Å². The third-order valence-electron chi connectivity index (χ3n) is 2.74. The molecule has 0 bridgehead atoms. The molecule has 3 heteroatoms. The van der Waals surface area contributed by atoms with E-state index in [1.807, 2.05) is 36.4 Å². The van der Waals surface area contributed by atoms with Crippen LogP contribution >= 0.6 is 11.8 Å². The lowest BCUT2D eigenvalue weighted by Crippen LogP contribution is -2.01. The SMILES string of the molecule is COc1cccc(SCCOc2ccccc2C)c1. The van der Waals surface area contributed by atoms with Gasteiger partial charge in [-0.05, 0) is 36.8 Å². The van der Waals surface area contributed by atoms with Gasteiger partial charge in [-0.15, -0.1) is 11.8 Å². The number of para-hydroxylation sites is 1. The summed E-state index contributed by atoms with van der Waals surface area (Å²) in [7, 11) is 1.69. The van der Waals surface area contributed by atoms with Crippen molar-refractivity contribution >= 4 is 11.8 Å². The highest BCUT2D eigenvalue weighted by atomic mass is 32.2. The van der Waals surface area contributed by atoms with Crippen molar-refractivity contribution in [3.05, 3.63) is 54.1 Å². The van der Waals surface area contributed by atoms with Crippen LogP contribution < -0.4 is 9.47 Å². The predicted molar refractivity (Wildman–Crippen MR) is 80.4 cm³/mol. The molecule has 2 rings (SSSR count). The van der Waals surface area contributed by atoms with Crippen LogP contribution in [0.25, 0.3) is 0 Å². The molecule has 2 nitrogen and oxygen atoms in total. The first-order valence-electron chi connectivity index (χ1n) is 6.25. The highest BCUT2D eigenvalue weighted by molar-refractivity contribution is 7.99. The molecule has 0 amide bonds. The number of ether oxygens (including phenoxy) is 2. The molecule has 0 aliphatic carbocycles. The maximum absolute atomic E-state index is 5.76. The number of hydrogen-bond acceptors (Lipinski definition) is 3. The molecule has 0 aliphatic rings. The number of hydrogen-bond donors (Lipinski definition) is 0. The zero-order valence-corrected chi connectivity index (χ0v) is 12.1. The first-order valence-corrected chi connectivity index (χ1v) is 7.23. The fourth-order valence-corrected chi connectivity index (χ4v) is 2.50. The van der Waals surface area contributed by atoms with Crippen molar-refractivity contribution in [1.82, 2.24) is 0 Å². The maximum Gasteiger partial charge on any atom is 0.122 e. The molecule has 0 fully saturated rings. The first-order chi connectivity index (χ1) is 9.29. The monoisotopic (exact) mass is 274 g/mol. The molecule has 2 aromatic rings. The number of thioether (sulfide) groups is 1. The molecule has 19 heavy (non-hydrogen) atoms. The summed E-state index contributed by atoms with van der Waals surface area (Å²) in [6.45, 7) is 2.76. The zero-order chi connectivity index (χ0) is 13.5. The van der Waals surface area contributed by atoms with E-state index in [4.69, 9.17) is 9.47 Å². The van der Waals surface area contributed by atoms with Crippen molar-refractivity contribution in [2.24, 2.45) is 0 Å². The highest BCUT2D eigenvalue weighted by Gasteiger charge is 1.99. The van der Waals surface area contributed by atoms with Gasteiger partial charge >= 0.3 is 0 Å². The van der Waals surface area contributed by atoms with Crippen LogP contribution in [0.1, 0.15) is 5.56 Å². The highest BCUT2D eigenvalue weighted by Crippen LogP contribution is 2.23. The van der Waals surface area contributed by atoms with Gasteiger partial charge in [0, 0.05) is 10.6 Å². The maximum atomic E-state index is 5.76. The largest absolute Gasteiger partial charge is 0.497 e. The van der Waals surface area contributed by atoms with Crippen molar-refractivity contribution < 1.29 is 9.47 Å². The summed E-state index contributed by atoms with van der Waals surface area (Å²) in [6, 6.07) is 16.2. The van der Waals surface area contributed by atoms with Gasteiger partial charge in [0.1, 0.15) is 11.5 Å². The van der Waals surface area contributed by atoms with E-state index in [1.54, 1.807) is 18.9 Å². The van der Waals surface area contributed by atoms with E-state index in [2.05, 4.69) is 19.1 Å². The molecule has 0 spiro atoms. The Kier molecular flexibility index (Phi) is 5.16. The summed E-state index contributed by atoms with van der Waals surface area (Å²) in [5.74, 6) is 2.78. The minimum absolute atomic E-state index is 0.701. The Morgan fingerprint density at radius 3 is 2.68 bits per heavy atom. The van der Waals surface area contributed by atoms with E-state index >= 15 is 0 Å². The lowest BCUT2D eigenvalue weighted by molar-refractivity contribution is 0.341. The lowest BCUT2D eigenvalue weighted by atomic mass is 10.2. The smallest absolute Gasteiger partial charge is 0.122 e. The number of rotatable bonds is 6. The third-order valence-corrected chi connectivity index (χ3v) is 3.70. The van der Waals surface area contributed by atoms with Crippen LogP contribution in [-0.4, -0.2) is 19.5 Å². The fourth-order valence-electron chi connectivity index (χ4n) is 1.72. The van der Waals surface area contributed by atoms with E-state index < -0.39 is 0 Å². The van der Waals surface area contributed by atoms with Gasteiger partial charge in [0.25, 0.3) is 0 Å².